The first-order chi connectivity index (χ1) is 17.6. The fourth-order valence-electron chi connectivity index (χ4n) is 5.15. The molecule has 0 radical (unpaired) electrons. The first-order valence-electron chi connectivity index (χ1n) is 11.7. The molecule has 3 aromatic carbocycles. The minimum Gasteiger partial charge on any atom is -0.388 e. The zero-order chi connectivity index (χ0) is 24.8. The van der Waals surface area contributed by atoms with E-state index in [0.29, 0.717) is 34.7 Å². The number of anilines is 1. The number of amides is 3. The summed E-state index contributed by atoms with van der Waals surface area (Å²) in [5.74, 6) is -0.307. The van der Waals surface area contributed by atoms with E-state index in [-0.39, 0.29) is 37.4 Å². The second-order valence-corrected chi connectivity index (χ2v) is 8.76. The van der Waals surface area contributed by atoms with E-state index in [1.165, 1.54) is 4.90 Å². The predicted octanol–water partition coefficient (Wildman–Crippen LogP) is 2.46. The monoisotopic (exact) mass is 481 g/mol. The Morgan fingerprint density at radius 3 is 2.47 bits per heavy atom. The molecule has 2 N–H and O–H groups in total. The van der Waals surface area contributed by atoms with Crippen molar-refractivity contribution >= 4 is 34.4 Å². The smallest absolute Gasteiger partial charge is 0.260 e. The standard InChI is InChI=1S/C27H23N5O4/c33-16-23-29-20-10-4-6-12-22(20)30(23)14-13-28-24(34)15-31-25-17-7-1-2-8-18(17)27(36)32(25)21-11-5-3-9-19(21)26(31)35/h1-12,25,33H,13-16H2,(H,28,34). The van der Waals surface area contributed by atoms with Gasteiger partial charge in [0.2, 0.25) is 5.91 Å². The number of aromatic nitrogens is 2. The van der Waals surface area contributed by atoms with Crippen LogP contribution < -0.4 is 10.2 Å². The molecule has 4 aromatic rings. The summed E-state index contributed by atoms with van der Waals surface area (Å²) in [6, 6.07) is 21.7. The number of hydrogen-bond acceptors (Lipinski definition) is 5. The fourth-order valence-corrected chi connectivity index (χ4v) is 5.15. The first-order valence-corrected chi connectivity index (χ1v) is 11.7. The molecular weight excluding hydrogens is 458 g/mol. The Bertz CT molecular complexity index is 1530. The third-order valence-electron chi connectivity index (χ3n) is 6.73. The van der Waals surface area contributed by atoms with Gasteiger partial charge in [-0.15, -0.1) is 0 Å². The number of nitrogens with zero attached hydrogens (tertiary/aromatic N) is 4. The summed E-state index contributed by atoms with van der Waals surface area (Å²) < 4.78 is 1.87. The zero-order valence-corrected chi connectivity index (χ0v) is 19.3. The van der Waals surface area contributed by atoms with Crippen LogP contribution in [-0.2, 0) is 17.9 Å². The highest BCUT2D eigenvalue weighted by Crippen LogP contribution is 2.44. The average molecular weight is 482 g/mol. The highest BCUT2D eigenvalue weighted by molar-refractivity contribution is 6.17. The Kier molecular flexibility index (Phi) is 5.26. The highest BCUT2D eigenvalue weighted by Gasteiger charge is 2.47. The maximum atomic E-state index is 13.5. The molecular formula is C27H23N5O4. The van der Waals surface area contributed by atoms with E-state index in [1.54, 1.807) is 41.3 Å². The first kappa shape index (κ1) is 22.0. The van der Waals surface area contributed by atoms with Crippen molar-refractivity contribution in [2.75, 3.05) is 18.0 Å². The minimum atomic E-state index is -0.680. The molecule has 0 saturated heterocycles. The van der Waals surface area contributed by atoms with Gasteiger partial charge in [0.15, 0.2) is 0 Å². The molecule has 0 bridgehead atoms. The molecule has 1 unspecified atom stereocenters. The van der Waals surface area contributed by atoms with Gasteiger partial charge in [0, 0.05) is 24.2 Å². The summed E-state index contributed by atoms with van der Waals surface area (Å²) in [5.41, 5.74) is 3.82. The van der Waals surface area contributed by atoms with Crippen LogP contribution in [0.5, 0.6) is 0 Å². The van der Waals surface area contributed by atoms with Gasteiger partial charge in [0.25, 0.3) is 11.8 Å². The molecule has 36 heavy (non-hydrogen) atoms. The Labute approximate surface area is 206 Å². The number of carbonyl (C=O) groups is 3. The van der Waals surface area contributed by atoms with E-state index in [0.717, 1.165) is 11.0 Å². The molecule has 1 atom stereocenters. The molecule has 9 nitrogen and oxygen atoms in total. The van der Waals surface area contributed by atoms with Crippen LogP contribution >= 0.6 is 0 Å². The Balaban J connectivity index is 1.23. The normalized spacial score (nSPS) is 16.2. The van der Waals surface area contributed by atoms with Crippen molar-refractivity contribution in [1.82, 2.24) is 19.8 Å². The third kappa shape index (κ3) is 3.36. The number of aliphatic hydroxyl groups is 1. The number of benzene rings is 3. The van der Waals surface area contributed by atoms with Crippen LogP contribution in [0.3, 0.4) is 0 Å². The number of rotatable bonds is 6. The Morgan fingerprint density at radius 2 is 1.64 bits per heavy atom. The second-order valence-electron chi connectivity index (χ2n) is 8.76. The van der Waals surface area contributed by atoms with E-state index in [2.05, 4.69) is 10.3 Å². The van der Waals surface area contributed by atoms with Crippen LogP contribution in [0, 0.1) is 0 Å². The average Bonchev–Trinajstić information content (AvgIpc) is 3.42. The van der Waals surface area contributed by atoms with Gasteiger partial charge in [-0.1, -0.05) is 42.5 Å². The van der Waals surface area contributed by atoms with Crippen LogP contribution in [-0.4, -0.2) is 50.4 Å². The molecule has 9 heteroatoms. The Morgan fingerprint density at radius 1 is 0.917 bits per heavy atom. The van der Waals surface area contributed by atoms with Crippen molar-refractivity contribution in [3.8, 4) is 0 Å². The van der Waals surface area contributed by atoms with Gasteiger partial charge in [-0.25, -0.2) is 4.98 Å². The van der Waals surface area contributed by atoms with E-state index in [1.807, 2.05) is 41.0 Å². The van der Waals surface area contributed by atoms with Gasteiger partial charge >= 0.3 is 0 Å². The number of hydrogen-bond donors (Lipinski definition) is 2. The summed E-state index contributed by atoms with van der Waals surface area (Å²) >= 11 is 0. The Hall–Kier alpha value is -4.50. The number of para-hydroxylation sites is 3. The molecule has 0 aliphatic carbocycles. The minimum absolute atomic E-state index is 0.190. The lowest BCUT2D eigenvalue weighted by Gasteiger charge is -2.40. The summed E-state index contributed by atoms with van der Waals surface area (Å²) in [4.78, 5) is 47.2. The van der Waals surface area contributed by atoms with Crippen molar-refractivity contribution in [2.45, 2.75) is 19.3 Å². The van der Waals surface area contributed by atoms with Crippen LogP contribution in [0.4, 0.5) is 5.69 Å². The SMILES string of the molecule is O=C(CN1C(=O)c2ccccc2N2C(=O)c3ccccc3C12)NCCn1c(CO)nc2ccccc21. The number of nitrogens with one attached hydrogen (secondary N) is 1. The highest BCUT2D eigenvalue weighted by atomic mass is 16.3. The van der Waals surface area contributed by atoms with Crippen molar-refractivity contribution in [2.24, 2.45) is 0 Å². The van der Waals surface area contributed by atoms with E-state index < -0.39 is 6.17 Å². The lowest BCUT2D eigenvalue weighted by molar-refractivity contribution is -0.122. The summed E-state index contributed by atoms with van der Waals surface area (Å²) in [7, 11) is 0. The number of fused-ring (bicyclic) bond motifs is 6. The fraction of sp³-hybridized carbons (Fsp3) is 0.185. The summed E-state index contributed by atoms with van der Waals surface area (Å²) in [6.45, 7) is 0.285. The molecule has 1 aromatic heterocycles. The molecule has 6 rings (SSSR count). The topological polar surface area (TPSA) is 108 Å². The molecule has 0 spiro atoms. The zero-order valence-electron chi connectivity index (χ0n) is 19.3. The lowest BCUT2D eigenvalue weighted by atomic mass is 10.0. The van der Waals surface area contributed by atoms with Gasteiger partial charge < -0.3 is 19.9 Å². The number of carbonyl (C=O) groups excluding carboxylic acids is 3. The molecule has 3 heterocycles. The number of imidazole rings is 1. The van der Waals surface area contributed by atoms with Crippen LogP contribution in [0.2, 0.25) is 0 Å². The van der Waals surface area contributed by atoms with Gasteiger partial charge in [-0.05, 0) is 30.3 Å². The summed E-state index contributed by atoms with van der Waals surface area (Å²) in [6.07, 6.45) is -0.680. The van der Waals surface area contributed by atoms with Crippen LogP contribution in [0.15, 0.2) is 72.8 Å². The van der Waals surface area contributed by atoms with Crippen molar-refractivity contribution in [1.29, 1.82) is 0 Å². The maximum absolute atomic E-state index is 13.5. The molecule has 2 aliphatic heterocycles. The molecule has 3 amide bonds. The molecule has 0 saturated carbocycles. The van der Waals surface area contributed by atoms with Gasteiger partial charge in [-0.2, -0.15) is 0 Å². The van der Waals surface area contributed by atoms with E-state index in [4.69, 9.17) is 0 Å². The van der Waals surface area contributed by atoms with Gasteiger partial charge in [-0.3, -0.25) is 19.3 Å². The number of aliphatic hydroxyl groups excluding tert-OH is 1. The van der Waals surface area contributed by atoms with Crippen LogP contribution in [0.1, 0.15) is 38.3 Å². The van der Waals surface area contributed by atoms with Crippen molar-refractivity contribution in [3.63, 3.8) is 0 Å². The van der Waals surface area contributed by atoms with E-state index >= 15 is 0 Å². The molecule has 2 aliphatic rings. The van der Waals surface area contributed by atoms with Gasteiger partial charge in [0.1, 0.15) is 25.1 Å². The molecule has 0 fully saturated rings. The van der Waals surface area contributed by atoms with Crippen LogP contribution in [0.25, 0.3) is 11.0 Å². The maximum Gasteiger partial charge on any atom is 0.260 e. The largest absolute Gasteiger partial charge is 0.388 e. The quantitative estimate of drug-likeness (QED) is 0.440. The van der Waals surface area contributed by atoms with Crippen molar-refractivity contribution < 1.29 is 19.5 Å². The second kappa shape index (κ2) is 8.62. The predicted molar refractivity (Wildman–Crippen MR) is 132 cm³/mol. The van der Waals surface area contributed by atoms with E-state index in [9.17, 15) is 19.5 Å². The summed E-state index contributed by atoms with van der Waals surface area (Å²) in [5, 5.41) is 12.6. The molecule has 180 valence electrons. The lowest BCUT2D eigenvalue weighted by Crippen LogP contribution is -2.51. The van der Waals surface area contributed by atoms with Crippen molar-refractivity contribution in [3.05, 3.63) is 95.3 Å². The van der Waals surface area contributed by atoms with Gasteiger partial charge in [0.05, 0.1) is 22.3 Å². The third-order valence-corrected chi connectivity index (χ3v) is 6.73.